The van der Waals surface area contributed by atoms with E-state index < -0.39 is 5.97 Å². The number of benzene rings is 1. The quantitative estimate of drug-likeness (QED) is 0.494. The summed E-state index contributed by atoms with van der Waals surface area (Å²) in [6.45, 7) is 0. The van der Waals surface area contributed by atoms with E-state index in [2.05, 4.69) is 4.98 Å². The van der Waals surface area contributed by atoms with Crippen LogP contribution in [0.25, 0.3) is 10.9 Å². The number of carbonyl (C=O) groups excluding carboxylic acids is 1. The molecule has 0 saturated heterocycles. The molecule has 0 aliphatic rings. The van der Waals surface area contributed by atoms with Crippen molar-refractivity contribution in [2.45, 2.75) is 0 Å². The zero-order chi connectivity index (χ0) is 9.26. The maximum Gasteiger partial charge on any atom is 1.00 e. The van der Waals surface area contributed by atoms with E-state index in [-0.39, 0.29) is 56.9 Å². The SMILES string of the molecule is O=C([O-])c1cccc2cccnc12.[K+]. The Kier molecular flexibility index (Phi) is 4.22. The molecule has 1 aromatic heterocycles. The van der Waals surface area contributed by atoms with Crippen molar-refractivity contribution in [2.24, 2.45) is 0 Å². The number of rotatable bonds is 1. The van der Waals surface area contributed by atoms with E-state index in [1.807, 2.05) is 12.1 Å². The monoisotopic (exact) mass is 211 g/mol. The molecule has 64 valence electrons. The molecule has 0 bridgehead atoms. The van der Waals surface area contributed by atoms with Crippen molar-refractivity contribution in [3.63, 3.8) is 0 Å². The Balaban J connectivity index is 0.000000980. The number of carbonyl (C=O) groups is 1. The van der Waals surface area contributed by atoms with Gasteiger partial charge in [-0.25, -0.2) is 0 Å². The molecule has 0 fully saturated rings. The van der Waals surface area contributed by atoms with Crippen LogP contribution in [-0.2, 0) is 0 Å². The summed E-state index contributed by atoms with van der Waals surface area (Å²) in [6.07, 6.45) is 1.56. The summed E-state index contributed by atoms with van der Waals surface area (Å²) in [4.78, 5) is 14.6. The fourth-order valence-corrected chi connectivity index (χ4v) is 1.27. The largest absolute Gasteiger partial charge is 1.00 e. The first-order chi connectivity index (χ1) is 6.29. The number of fused-ring (bicyclic) bond motifs is 1. The first kappa shape index (κ1) is 11.8. The average molecular weight is 211 g/mol. The predicted octanol–water partition coefficient (Wildman–Crippen LogP) is -2.40. The van der Waals surface area contributed by atoms with E-state index in [9.17, 15) is 9.90 Å². The molecule has 2 aromatic rings. The van der Waals surface area contributed by atoms with E-state index in [4.69, 9.17) is 0 Å². The van der Waals surface area contributed by atoms with Crippen LogP contribution >= 0.6 is 0 Å². The van der Waals surface area contributed by atoms with Crippen LogP contribution in [0.3, 0.4) is 0 Å². The third-order valence-corrected chi connectivity index (χ3v) is 1.85. The van der Waals surface area contributed by atoms with Crippen LogP contribution in [-0.4, -0.2) is 11.0 Å². The van der Waals surface area contributed by atoms with Gasteiger partial charge in [-0.2, -0.15) is 0 Å². The molecule has 0 spiro atoms. The Morgan fingerprint density at radius 1 is 1.21 bits per heavy atom. The number of para-hydroxylation sites is 1. The predicted molar refractivity (Wildman–Crippen MR) is 46.1 cm³/mol. The van der Waals surface area contributed by atoms with Crippen molar-refractivity contribution in [2.75, 3.05) is 0 Å². The van der Waals surface area contributed by atoms with Gasteiger partial charge in [-0.3, -0.25) is 4.98 Å². The molecule has 0 amide bonds. The summed E-state index contributed by atoms with van der Waals surface area (Å²) >= 11 is 0. The van der Waals surface area contributed by atoms with Gasteiger partial charge in [-0.05, 0) is 6.07 Å². The summed E-state index contributed by atoms with van der Waals surface area (Å²) < 4.78 is 0. The van der Waals surface area contributed by atoms with Crippen LogP contribution in [0.4, 0.5) is 0 Å². The summed E-state index contributed by atoms with van der Waals surface area (Å²) in [5.41, 5.74) is 0.614. The second-order valence-electron chi connectivity index (χ2n) is 2.67. The Bertz CT molecular complexity index is 465. The molecule has 0 radical (unpaired) electrons. The topological polar surface area (TPSA) is 53.0 Å². The minimum Gasteiger partial charge on any atom is -0.545 e. The second-order valence-corrected chi connectivity index (χ2v) is 2.67. The third-order valence-electron chi connectivity index (χ3n) is 1.85. The number of carboxylic acids is 1. The first-order valence-corrected chi connectivity index (χ1v) is 3.84. The molecular formula is C10H6KNO2. The minimum absolute atomic E-state index is 0. The van der Waals surface area contributed by atoms with Crippen molar-refractivity contribution in [1.82, 2.24) is 4.98 Å². The molecule has 0 unspecified atom stereocenters. The van der Waals surface area contributed by atoms with Gasteiger partial charge in [0.05, 0.1) is 11.5 Å². The minimum atomic E-state index is -1.19. The Labute approximate surface area is 124 Å². The zero-order valence-corrected chi connectivity index (χ0v) is 10.9. The average Bonchev–Trinajstić information content (AvgIpc) is 2.17. The summed E-state index contributed by atoms with van der Waals surface area (Å²) in [5.74, 6) is -1.19. The molecule has 3 nitrogen and oxygen atoms in total. The van der Waals surface area contributed by atoms with E-state index >= 15 is 0 Å². The molecule has 4 heteroatoms. The van der Waals surface area contributed by atoms with Gasteiger partial charge >= 0.3 is 51.4 Å². The summed E-state index contributed by atoms with van der Waals surface area (Å²) in [5, 5.41) is 11.5. The van der Waals surface area contributed by atoms with Crippen LogP contribution in [0.1, 0.15) is 10.4 Å². The first-order valence-electron chi connectivity index (χ1n) is 3.84. The Morgan fingerprint density at radius 2 is 1.93 bits per heavy atom. The van der Waals surface area contributed by atoms with E-state index in [0.717, 1.165) is 5.39 Å². The number of hydrogen-bond donors (Lipinski definition) is 0. The van der Waals surface area contributed by atoms with Crippen molar-refractivity contribution >= 4 is 16.9 Å². The van der Waals surface area contributed by atoms with Crippen molar-refractivity contribution in [3.8, 4) is 0 Å². The molecular weight excluding hydrogens is 205 g/mol. The van der Waals surface area contributed by atoms with Gasteiger partial charge in [0.2, 0.25) is 0 Å². The summed E-state index contributed by atoms with van der Waals surface area (Å²) in [6, 6.07) is 8.56. The Morgan fingerprint density at radius 3 is 2.64 bits per heavy atom. The molecule has 0 saturated carbocycles. The van der Waals surface area contributed by atoms with Gasteiger partial charge in [-0.15, -0.1) is 0 Å². The normalized spacial score (nSPS) is 9.43. The van der Waals surface area contributed by atoms with Crippen LogP contribution in [0, 0.1) is 0 Å². The number of aromatic carboxylic acids is 1. The Hall–Kier alpha value is -0.264. The van der Waals surface area contributed by atoms with Crippen molar-refractivity contribution < 1.29 is 61.3 Å². The molecule has 0 aliphatic carbocycles. The van der Waals surface area contributed by atoms with Crippen LogP contribution in [0.2, 0.25) is 0 Å². The third kappa shape index (κ3) is 2.21. The number of aromatic nitrogens is 1. The zero-order valence-electron chi connectivity index (χ0n) is 7.73. The fourth-order valence-electron chi connectivity index (χ4n) is 1.27. The van der Waals surface area contributed by atoms with Crippen LogP contribution < -0.4 is 56.5 Å². The molecule has 1 aromatic carbocycles. The maximum absolute atomic E-state index is 10.7. The summed E-state index contributed by atoms with van der Waals surface area (Å²) in [7, 11) is 0. The molecule has 1 heterocycles. The van der Waals surface area contributed by atoms with Crippen molar-refractivity contribution in [3.05, 3.63) is 42.1 Å². The van der Waals surface area contributed by atoms with E-state index in [1.54, 1.807) is 18.3 Å². The van der Waals surface area contributed by atoms with Crippen molar-refractivity contribution in [1.29, 1.82) is 0 Å². The fraction of sp³-hybridized carbons (Fsp3) is 0. The maximum atomic E-state index is 10.7. The van der Waals surface area contributed by atoms with Crippen LogP contribution in [0.5, 0.6) is 0 Å². The standard InChI is InChI=1S/C10H7NO2.K/c12-10(13)8-5-1-3-7-4-2-6-11-9(7)8;/h1-6H,(H,12,13);/q;+1/p-1. The smallest absolute Gasteiger partial charge is 0.545 e. The van der Waals surface area contributed by atoms with Gasteiger partial charge in [-0.1, -0.05) is 24.3 Å². The second kappa shape index (κ2) is 5.00. The molecule has 2 rings (SSSR count). The molecule has 0 atom stereocenters. The number of nitrogens with zero attached hydrogens (tertiary/aromatic N) is 1. The van der Waals surface area contributed by atoms with Gasteiger partial charge < -0.3 is 9.90 Å². The number of pyridine rings is 1. The molecule has 0 aliphatic heterocycles. The van der Waals surface area contributed by atoms with Crippen LogP contribution in [0.15, 0.2) is 36.5 Å². The van der Waals surface area contributed by atoms with E-state index in [1.165, 1.54) is 6.07 Å². The molecule has 0 N–H and O–H groups in total. The van der Waals surface area contributed by atoms with E-state index in [0.29, 0.717) is 5.52 Å². The van der Waals surface area contributed by atoms with Gasteiger partial charge in [0.15, 0.2) is 0 Å². The van der Waals surface area contributed by atoms with Gasteiger partial charge in [0.25, 0.3) is 0 Å². The number of hydrogen-bond acceptors (Lipinski definition) is 3. The molecule has 14 heavy (non-hydrogen) atoms. The number of carboxylic acid groups (broad SMARTS) is 1. The van der Waals surface area contributed by atoms with Gasteiger partial charge in [0, 0.05) is 17.1 Å². The van der Waals surface area contributed by atoms with Gasteiger partial charge in [0.1, 0.15) is 0 Å².